The number of aromatic nitrogens is 3. The van der Waals surface area contributed by atoms with E-state index in [1.807, 2.05) is 9.58 Å². The van der Waals surface area contributed by atoms with Gasteiger partial charge in [0.25, 0.3) is 0 Å². The molecule has 1 aliphatic rings. The molecule has 1 aromatic rings. The van der Waals surface area contributed by atoms with Gasteiger partial charge in [0.05, 0.1) is 18.8 Å². The fraction of sp³-hybridized carbons (Fsp3) is 0.800. The van der Waals surface area contributed by atoms with Crippen molar-refractivity contribution in [3.8, 4) is 0 Å². The minimum atomic E-state index is -0.637. The number of aliphatic hydroxyl groups is 2. The van der Waals surface area contributed by atoms with Crippen LogP contribution in [0.1, 0.15) is 19.2 Å². The minimum Gasteiger partial charge on any atom is -0.389 e. The molecule has 1 saturated heterocycles. The van der Waals surface area contributed by atoms with Crippen LogP contribution in [-0.2, 0) is 13.1 Å². The predicted molar refractivity (Wildman–Crippen MR) is 57.6 cm³/mol. The van der Waals surface area contributed by atoms with E-state index in [0.717, 1.165) is 18.8 Å². The number of nitrogens with zero attached hydrogens (tertiary/aromatic N) is 4. The number of β-amino-alcohol motifs (C(OH)–C–C–N with tert-alkyl or cyclic N) is 2. The lowest BCUT2D eigenvalue weighted by molar-refractivity contribution is 0.0572. The molecule has 6 heteroatoms. The minimum absolute atomic E-state index is 0.500. The smallest absolute Gasteiger partial charge is 0.141 e. The van der Waals surface area contributed by atoms with Crippen molar-refractivity contribution in [2.45, 2.75) is 38.6 Å². The zero-order chi connectivity index (χ0) is 11.5. The van der Waals surface area contributed by atoms with E-state index >= 15 is 0 Å². The van der Waals surface area contributed by atoms with Crippen molar-refractivity contribution in [2.24, 2.45) is 0 Å². The number of aryl methyl sites for hydroxylation is 1. The normalized spacial score (nSPS) is 26.4. The average molecular weight is 226 g/mol. The van der Waals surface area contributed by atoms with Gasteiger partial charge in [-0.15, -0.1) is 0 Å². The van der Waals surface area contributed by atoms with Gasteiger partial charge in [-0.05, 0) is 6.42 Å². The summed E-state index contributed by atoms with van der Waals surface area (Å²) in [5, 5.41) is 23.0. The lowest BCUT2D eigenvalue weighted by Crippen LogP contribution is -2.24. The largest absolute Gasteiger partial charge is 0.389 e. The van der Waals surface area contributed by atoms with Crippen molar-refractivity contribution in [3.63, 3.8) is 0 Å². The first kappa shape index (κ1) is 11.5. The van der Waals surface area contributed by atoms with E-state index in [1.165, 1.54) is 0 Å². The monoisotopic (exact) mass is 226 g/mol. The maximum atomic E-state index is 9.43. The van der Waals surface area contributed by atoms with Crippen molar-refractivity contribution >= 4 is 0 Å². The third-order valence-electron chi connectivity index (χ3n) is 2.83. The molecule has 1 aliphatic heterocycles. The molecule has 6 nitrogen and oxygen atoms in total. The van der Waals surface area contributed by atoms with Crippen molar-refractivity contribution in [1.29, 1.82) is 0 Å². The molecule has 1 aromatic heterocycles. The summed E-state index contributed by atoms with van der Waals surface area (Å²) in [6, 6.07) is 0. The van der Waals surface area contributed by atoms with Crippen LogP contribution in [0.15, 0.2) is 6.33 Å². The third kappa shape index (κ3) is 2.40. The highest BCUT2D eigenvalue weighted by Crippen LogP contribution is 2.12. The van der Waals surface area contributed by atoms with Crippen molar-refractivity contribution in [2.75, 3.05) is 13.1 Å². The summed E-state index contributed by atoms with van der Waals surface area (Å²) in [5.74, 6) is 0.892. The van der Waals surface area contributed by atoms with Crippen LogP contribution >= 0.6 is 0 Å². The van der Waals surface area contributed by atoms with Crippen molar-refractivity contribution in [1.82, 2.24) is 19.7 Å². The molecule has 0 saturated carbocycles. The Hall–Kier alpha value is -0.980. The van der Waals surface area contributed by atoms with E-state index in [9.17, 15) is 10.2 Å². The summed E-state index contributed by atoms with van der Waals surface area (Å²) < 4.78 is 1.87. The van der Waals surface area contributed by atoms with Gasteiger partial charge in [0.15, 0.2) is 0 Å². The first-order valence-corrected chi connectivity index (χ1v) is 5.66. The molecule has 1 fully saturated rings. The first-order chi connectivity index (χ1) is 7.70. The fourth-order valence-electron chi connectivity index (χ4n) is 1.99. The number of hydrogen-bond acceptors (Lipinski definition) is 5. The van der Waals surface area contributed by atoms with E-state index in [1.54, 1.807) is 6.33 Å². The highest BCUT2D eigenvalue weighted by Gasteiger charge is 2.30. The summed E-state index contributed by atoms with van der Waals surface area (Å²) in [6.45, 7) is 4.58. The van der Waals surface area contributed by atoms with Gasteiger partial charge in [-0.2, -0.15) is 5.10 Å². The van der Waals surface area contributed by atoms with Crippen LogP contribution < -0.4 is 0 Å². The molecule has 0 bridgehead atoms. The van der Waals surface area contributed by atoms with Gasteiger partial charge < -0.3 is 10.2 Å². The molecule has 0 unspecified atom stereocenters. The molecule has 2 N–H and O–H groups in total. The maximum Gasteiger partial charge on any atom is 0.141 e. The molecule has 2 atom stereocenters. The Balaban J connectivity index is 1.96. The number of likely N-dealkylation sites (tertiary alicyclic amines) is 1. The molecule has 0 radical (unpaired) electrons. The van der Waals surface area contributed by atoms with Gasteiger partial charge in [-0.25, -0.2) is 9.67 Å². The Bertz CT molecular complexity index is 331. The second-order valence-corrected chi connectivity index (χ2v) is 4.23. The Kier molecular flexibility index (Phi) is 3.52. The Morgan fingerprint density at radius 2 is 2.06 bits per heavy atom. The zero-order valence-corrected chi connectivity index (χ0v) is 9.45. The van der Waals surface area contributed by atoms with Crippen molar-refractivity contribution < 1.29 is 10.2 Å². The van der Waals surface area contributed by atoms with Crippen LogP contribution in [-0.4, -0.2) is 55.2 Å². The highest BCUT2D eigenvalue weighted by molar-refractivity contribution is 4.90. The first-order valence-electron chi connectivity index (χ1n) is 5.66. The molecule has 2 rings (SSSR count). The Labute approximate surface area is 94.5 Å². The quantitative estimate of drug-likeness (QED) is 0.705. The van der Waals surface area contributed by atoms with Crippen LogP contribution in [0, 0.1) is 0 Å². The van der Waals surface area contributed by atoms with Crippen LogP contribution in [0.2, 0.25) is 0 Å². The highest BCUT2D eigenvalue weighted by atomic mass is 16.3. The Morgan fingerprint density at radius 1 is 1.38 bits per heavy atom. The van der Waals surface area contributed by atoms with E-state index in [2.05, 4.69) is 17.0 Å². The lowest BCUT2D eigenvalue weighted by atomic mass is 10.3. The molecule has 90 valence electrons. The SMILES string of the molecule is CCCn1ncnc1CN1C[C@@H](O)[C@@H](O)C1. The molecule has 2 heterocycles. The van der Waals surface area contributed by atoms with E-state index < -0.39 is 12.2 Å². The van der Waals surface area contributed by atoms with Gasteiger partial charge in [0.1, 0.15) is 12.2 Å². The van der Waals surface area contributed by atoms with Crippen LogP contribution in [0.3, 0.4) is 0 Å². The topological polar surface area (TPSA) is 74.4 Å². The van der Waals surface area contributed by atoms with Crippen molar-refractivity contribution in [3.05, 3.63) is 12.2 Å². The van der Waals surface area contributed by atoms with Gasteiger partial charge in [-0.1, -0.05) is 6.92 Å². The standard InChI is InChI=1S/C10H18N4O2/c1-2-3-14-10(11-7-12-14)6-13-4-8(15)9(16)5-13/h7-9,15-16H,2-6H2,1H3/t8-,9+. The summed E-state index contributed by atoms with van der Waals surface area (Å²) in [5.41, 5.74) is 0. The Morgan fingerprint density at radius 3 is 2.69 bits per heavy atom. The molecular formula is C10H18N4O2. The van der Waals surface area contributed by atoms with Gasteiger partial charge in [0, 0.05) is 19.6 Å². The summed E-state index contributed by atoms with van der Waals surface area (Å²) in [6.07, 6.45) is 1.29. The van der Waals surface area contributed by atoms with Crippen LogP contribution in [0.25, 0.3) is 0 Å². The van der Waals surface area contributed by atoms with Gasteiger partial charge in [0.2, 0.25) is 0 Å². The second-order valence-electron chi connectivity index (χ2n) is 4.23. The van der Waals surface area contributed by atoms with Gasteiger partial charge >= 0.3 is 0 Å². The molecule has 0 spiro atoms. The van der Waals surface area contributed by atoms with E-state index in [0.29, 0.717) is 19.6 Å². The van der Waals surface area contributed by atoms with Crippen LogP contribution in [0.5, 0.6) is 0 Å². The lowest BCUT2D eigenvalue weighted by Gasteiger charge is -2.14. The predicted octanol–water partition coefficient (Wildman–Crippen LogP) is -0.775. The van der Waals surface area contributed by atoms with E-state index in [-0.39, 0.29) is 0 Å². The summed E-state index contributed by atoms with van der Waals surface area (Å²) in [7, 11) is 0. The molecule has 16 heavy (non-hydrogen) atoms. The molecule has 0 amide bonds. The van der Waals surface area contributed by atoms with Crippen LogP contribution in [0.4, 0.5) is 0 Å². The fourth-order valence-corrected chi connectivity index (χ4v) is 1.99. The molecule has 0 aromatic carbocycles. The van der Waals surface area contributed by atoms with E-state index in [4.69, 9.17) is 0 Å². The van der Waals surface area contributed by atoms with Gasteiger partial charge in [-0.3, -0.25) is 4.90 Å². The average Bonchev–Trinajstić information content (AvgIpc) is 2.77. The maximum absolute atomic E-state index is 9.43. The second kappa shape index (κ2) is 4.90. The third-order valence-corrected chi connectivity index (χ3v) is 2.83. The zero-order valence-electron chi connectivity index (χ0n) is 9.45. The number of hydrogen-bond donors (Lipinski definition) is 2. The molecule has 0 aliphatic carbocycles. The number of rotatable bonds is 4. The number of aliphatic hydroxyl groups excluding tert-OH is 2. The molecular weight excluding hydrogens is 208 g/mol. The summed E-state index contributed by atoms with van der Waals surface area (Å²) in [4.78, 5) is 6.19. The summed E-state index contributed by atoms with van der Waals surface area (Å²) >= 11 is 0.